The van der Waals surface area contributed by atoms with Gasteiger partial charge in [-0.1, -0.05) is 80.6 Å². The minimum atomic E-state index is 0. The van der Waals surface area contributed by atoms with Crippen LogP contribution in [0.25, 0.3) is 0 Å². The molecule has 16 heavy (non-hydrogen) atoms. The summed E-state index contributed by atoms with van der Waals surface area (Å²) in [5.41, 5.74) is 2.73. The maximum absolute atomic E-state index is 2.16. The van der Waals surface area contributed by atoms with Crippen molar-refractivity contribution in [3.05, 3.63) is 71.8 Å². The first kappa shape index (κ1) is 14.4. The van der Waals surface area contributed by atoms with E-state index in [-0.39, 0.29) is 7.43 Å². The van der Waals surface area contributed by atoms with E-state index in [1.807, 2.05) is 24.3 Å². The summed E-state index contributed by atoms with van der Waals surface area (Å²) >= 11 is 0. The molecule has 0 aromatic heterocycles. The van der Waals surface area contributed by atoms with Gasteiger partial charge in [-0.3, -0.25) is 0 Å². The number of rotatable bonds is 1. The van der Waals surface area contributed by atoms with Gasteiger partial charge < -0.3 is 0 Å². The molecule has 0 fully saturated rings. The third kappa shape index (κ3) is 6.02. The summed E-state index contributed by atoms with van der Waals surface area (Å²) in [5.74, 6) is 0. The van der Waals surface area contributed by atoms with Gasteiger partial charge in [-0.15, -0.1) is 0 Å². The number of hydrogen-bond acceptors (Lipinski definition) is 0. The highest BCUT2D eigenvalue weighted by Gasteiger charge is 1.79. The molecule has 0 aliphatic carbocycles. The average Bonchev–Trinajstić information content (AvgIpc) is 2.32. The highest BCUT2D eigenvalue weighted by molar-refractivity contribution is 5.14. The average molecular weight is 214 g/mol. The van der Waals surface area contributed by atoms with Gasteiger partial charge in [-0.05, 0) is 18.9 Å². The Bertz CT molecular complexity index is 348. The quantitative estimate of drug-likeness (QED) is 0.634. The van der Waals surface area contributed by atoms with Crippen LogP contribution in [0, 0.1) is 6.92 Å². The van der Waals surface area contributed by atoms with Gasteiger partial charge in [0.05, 0.1) is 0 Å². The second-order valence-corrected chi connectivity index (χ2v) is 3.49. The minimum absolute atomic E-state index is 0. The summed E-state index contributed by atoms with van der Waals surface area (Å²) in [6.07, 6.45) is 1.14. The lowest BCUT2D eigenvalue weighted by Gasteiger charge is -1.89. The third-order valence-electron chi connectivity index (χ3n) is 2.19. The molecule has 0 aliphatic heterocycles. The summed E-state index contributed by atoms with van der Waals surface area (Å²) < 4.78 is 0. The van der Waals surface area contributed by atoms with Crippen LogP contribution in [-0.2, 0) is 6.42 Å². The normalized spacial score (nSPS) is 8.38. The molecule has 0 saturated carbocycles. The third-order valence-corrected chi connectivity index (χ3v) is 2.19. The summed E-state index contributed by atoms with van der Waals surface area (Å²) in [5, 5.41) is 0. The lowest BCUT2D eigenvalue weighted by atomic mass is 10.2. The van der Waals surface area contributed by atoms with Gasteiger partial charge in [0.2, 0.25) is 0 Å². The first-order valence-electron chi connectivity index (χ1n) is 5.38. The monoisotopic (exact) mass is 214 g/mol. The molecular weight excluding hydrogens is 192 g/mol. The first-order valence-corrected chi connectivity index (χ1v) is 5.38. The molecule has 2 rings (SSSR count). The maximum atomic E-state index is 2.16. The van der Waals surface area contributed by atoms with Crippen molar-refractivity contribution in [2.75, 3.05) is 0 Å². The van der Waals surface area contributed by atoms with Crippen molar-refractivity contribution in [3.8, 4) is 0 Å². The molecule has 2 aromatic rings. The van der Waals surface area contributed by atoms with E-state index in [1.165, 1.54) is 11.1 Å². The van der Waals surface area contributed by atoms with E-state index in [9.17, 15) is 0 Å². The number of aryl methyl sites for hydroxylation is 2. The van der Waals surface area contributed by atoms with E-state index in [1.54, 1.807) is 0 Å². The highest BCUT2D eigenvalue weighted by atomic mass is 13.9. The van der Waals surface area contributed by atoms with Crippen LogP contribution in [0.4, 0.5) is 0 Å². The fourth-order valence-electron chi connectivity index (χ4n) is 1.25. The van der Waals surface area contributed by atoms with E-state index in [0.717, 1.165) is 6.42 Å². The van der Waals surface area contributed by atoms with Crippen LogP contribution in [0.15, 0.2) is 60.7 Å². The van der Waals surface area contributed by atoms with Crippen molar-refractivity contribution >= 4 is 0 Å². The van der Waals surface area contributed by atoms with Gasteiger partial charge in [0.25, 0.3) is 0 Å². The zero-order valence-electron chi connectivity index (χ0n) is 9.48. The zero-order chi connectivity index (χ0) is 10.9. The molecule has 0 heterocycles. The van der Waals surface area contributed by atoms with E-state index in [0.29, 0.717) is 0 Å². The van der Waals surface area contributed by atoms with E-state index >= 15 is 0 Å². The van der Waals surface area contributed by atoms with Crippen LogP contribution < -0.4 is 0 Å². The lowest BCUT2D eigenvalue weighted by molar-refractivity contribution is 1.14. The smallest absolute Gasteiger partial charge is 0.0307 e. The minimum Gasteiger partial charge on any atom is -0.0776 e. The Morgan fingerprint density at radius 1 is 0.750 bits per heavy atom. The Morgan fingerprint density at radius 2 is 1.19 bits per heavy atom. The second kappa shape index (κ2) is 8.72. The molecule has 86 valence electrons. The van der Waals surface area contributed by atoms with Crippen molar-refractivity contribution in [1.82, 2.24) is 0 Å². The fraction of sp³-hybridized carbons (Fsp3) is 0.250. The van der Waals surface area contributed by atoms with Crippen LogP contribution in [0.5, 0.6) is 0 Å². The van der Waals surface area contributed by atoms with Crippen LogP contribution >= 0.6 is 0 Å². The summed E-state index contributed by atoms with van der Waals surface area (Å²) in [7, 11) is 0. The molecule has 2 aromatic carbocycles. The van der Waals surface area contributed by atoms with E-state index in [4.69, 9.17) is 0 Å². The van der Waals surface area contributed by atoms with Crippen LogP contribution in [-0.4, -0.2) is 0 Å². The molecule has 0 heteroatoms. The van der Waals surface area contributed by atoms with E-state index in [2.05, 4.69) is 50.2 Å². The SMILES string of the molecule is C.CCc1ccccc1.Cc1ccccc1. The molecule has 0 N–H and O–H groups in total. The standard InChI is InChI=1S/C8H10.C7H8.CH4/c1-2-8-6-4-3-5-7-8;1-7-5-3-2-4-6-7;/h3-7H,2H2,1H3;2-6H,1H3;1H4. The zero-order valence-corrected chi connectivity index (χ0v) is 9.48. The van der Waals surface area contributed by atoms with Crippen LogP contribution in [0.1, 0.15) is 25.5 Å². The Hall–Kier alpha value is -1.56. The van der Waals surface area contributed by atoms with Gasteiger partial charge in [0.15, 0.2) is 0 Å². The topological polar surface area (TPSA) is 0 Å². The van der Waals surface area contributed by atoms with Crippen molar-refractivity contribution in [1.29, 1.82) is 0 Å². The first-order chi connectivity index (χ1) is 7.33. The van der Waals surface area contributed by atoms with Crippen LogP contribution in [0.3, 0.4) is 0 Å². The molecule has 0 bridgehead atoms. The molecule has 0 nitrogen and oxygen atoms in total. The second-order valence-electron chi connectivity index (χ2n) is 3.49. The number of benzene rings is 2. The van der Waals surface area contributed by atoms with Crippen molar-refractivity contribution in [2.45, 2.75) is 27.7 Å². The summed E-state index contributed by atoms with van der Waals surface area (Å²) in [6, 6.07) is 20.7. The fourth-order valence-corrected chi connectivity index (χ4v) is 1.25. The predicted molar refractivity (Wildman–Crippen MR) is 73.7 cm³/mol. The Balaban J connectivity index is 0.000000267. The molecule has 0 unspecified atom stereocenters. The highest BCUT2D eigenvalue weighted by Crippen LogP contribution is 1.96. The molecule has 0 saturated heterocycles. The van der Waals surface area contributed by atoms with Crippen molar-refractivity contribution < 1.29 is 0 Å². The van der Waals surface area contributed by atoms with Gasteiger partial charge in [-0.2, -0.15) is 0 Å². The Kier molecular flexibility index (Phi) is 7.87. The predicted octanol–water partition coefficient (Wildman–Crippen LogP) is 4.88. The summed E-state index contributed by atoms with van der Waals surface area (Å²) in [4.78, 5) is 0. The molecule has 0 radical (unpaired) electrons. The molecule has 0 aliphatic rings. The van der Waals surface area contributed by atoms with Gasteiger partial charge >= 0.3 is 0 Å². The van der Waals surface area contributed by atoms with Crippen LogP contribution in [0.2, 0.25) is 0 Å². The van der Waals surface area contributed by atoms with Gasteiger partial charge in [0, 0.05) is 0 Å². The van der Waals surface area contributed by atoms with E-state index < -0.39 is 0 Å². The molecule has 0 atom stereocenters. The van der Waals surface area contributed by atoms with Crippen molar-refractivity contribution in [3.63, 3.8) is 0 Å². The maximum Gasteiger partial charge on any atom is -0.0307 e. The van der Waals surface area contributed by atoms with Gasteiger partial charge in [-0.25, -0.2) is 0 Å². The molecule has 0 amide bonds. The Labute approximate surface area is 100.0 Å². The molecular formula is C16H22. The summed E-state index contributed by atoms with van der Waals surface area (Å²) in [6.45, 7) is 4.25. The van der Waals surface area contributed by atoms with Gasteiger partial charge in [0.1, 0.15) is 0 Å². The lowest BCUT2D eigenvalue weighted by Crippen LogP contribution is -1.73. The number of hydrogen-bond donors (Lipinski definition) is 0. The Morgan fingerprint density at radius 3 is 1.44 bits per heavy atom. The molecule has 0 spiro atoms. The largest absolute Gasteiger partial charge is 0.0776 e. The van der Waals surface area contributed by atoms with Crippen molar-refractivity contribution in [2.24, 2.45) is 0 Å².